The molecule has 2 aromatic carbocycles. The molecule has 1 aliphatic rings. The van der Waals surface area contributed by atoms with Crippen molar-refractivity contribution >= 4 is 5.97 Å². The number of aromatic nitrogens is 2. The molecule has 8 heteroatoms. The number of esters is 1. The van der Waals surface area contributed by atoms with E-state index in [2.05, 4.69) is 16.3 Å². The van der Waals surface area contributed by atoms with Crippen LogP contribution in [-0.4, -0.2) is 44.1 Å². The highest BCUT2D eigenvalue weighted by atomic mass is 16.5. The minimum atomic E-state index is -0.523. The van der Waals surface area contributed by atoms with Gasteiger partial charge in [0.2, 0.25) is 0 Å². The Morgan fingerprint density at radius 2 is 1.88 bits per heavy atom. The van der Waals surface area contributed by atoms with Gasteiger partial charge in [0.1, 0.15) is 5.75 Å². The maximum Gasteiger partial charge on any atom is 0.306 e. The minimum Gasteiger partial charge on any atom is -0.493 e. The lowest BCUT2D eigenvalue weighted by Crippen LogP contribution is -2.18. The highest BCUT2D eigenvalue weighted by Crippen LogP contribution is 2.36. The quantitative estimate of drug-likeness (QED) is 0.524. The van der Waals surface area contributed by atoms with Crippen molar-refractivity contribution in [2.75, 3.05) is 27.9 Å². The van der Waals surface area contributed by atoms with Crippen molar-refractivity contribution in [3.8, 4) is 17.2 Å². The van der Waals surface area contributed by atoms with Gasteiger partial charge >= 0.3 is 5.97 Å². The third-order valence-corrected chi connectivity index (χ3v) is 5.79. The second kappa shape index (κ2) is 9.21. The molecule has 3 aromatic rings. The fraction of sp³-hybridized carbons (Fsp3) is 0.333. The molecule has 2 heterocycles. The number of hydrogen-bond acceptors (Lipinski definition) is 6. The zero-order valence-corrected chi connectivity index (χ0v) is 18.3. The van der Waals surface area contributed by atoms with Gasteiger partial charge in [0.25, 0.3) is 5.56 Å². The smallest absolute Gasteiger partial charge is 0.306 e. The molecular weight excluding hydrogens is 412 g/mol. The maximum absolute atomic E-state index is 12.9. The number of carbonyl (C=O) groups is 1. The van der Waals surface area contributed by atoms with Crippen LogP contribution in [0.5, 0.6) is 17.2 Å². The van der Waals surface area contributed by atoms with Gasteiger partial charge in [-0.2, -0.15) is 0 Å². The van der Waals surface area contributed by atoms with Crippen LogP contribution >= 0.6 is 0 Å². The summed E-state index contributed by atoms with van der Waals surface area (Å²) in [5.41, 5.74) is 3.91. The molecule has 1 atom stereocenters. The molecule has 32 heavy (non-hydrogen) atoms. The van der Waals surface area contributed by atoms with E-state index in [4.69, 9.17) is 18.9 Å². The summed E-state index contributed by atoms with van der Waals surface area (Å²) >= 11 is 0. The Balaban J connectivity index is 1.74. The van der Waals surface area contributed by atoms with Crippen molar-refractivity contribution < 1.29 is 23.7 Å². The summed E-state index contributed by atoms with van der Waals surface area (Å²) in [6.45, 7) is 0.686. The number of aromatic amines is 2. The molecule has 0 fully saturated rings. The van der Waals surface area contributed by atoms with Gasteiger partial charge in [-0.25, -0.2) is 0 Å². The number of fused-ring (bicyclic) bond motifs is 1. The van der Waals surface area contributed by atoms with Gasteiger partial charge in [0.05, 0.1) is 34.4 Å². The molecule has 0 spiro atoms. The Bertz CT molecular complexity index is 1180. The van der Waals surface area contributed by atoms with Crippen molar-refractivity contribution in [3.63, 3.8) is 0 Å². The molecule has 168 valence electrons. The van der Waals surface area contributed by atoms with E-state index in [-0.39, 0.29) is 12.0 Å². The molecule has 1 aliphatic heterocycles. The normalized spacial score (nSPS) is 13.2. The molecule has 8 nitrogen and oxygen atoms in total. The lowest BCUT2D eigenvalue weighted by molar-refractivity contribution is -0.140. The summed E-state index contributed by atoms with van der Waals surface area (Å²) in [4.78, 5) is 25.1. The van der Waals surface area contributed by atoms with Crippen LogP contribution in [-0.2, 0) is 22.4 Å². The summed E-state index contributed by atoms with van der Waals surface area (Å²) in [5.74, 6) is 1.06. The number of carbonyl (C=O) groups excluding carboxylic acids is 1. The summed E-state index contributed by atoms with van der Waals surface area (Å²) in [7, 11) is 4.44. The van der Waals surface area contributed by atoms with E-state index >= 15 is 0 Å². The first-order valence-corrected chi connectivity index (χ1v) is 10.4. The van der Waals surface area contributed by atoms with E-state index in [9.17, 15) is 9.59 Å². The second-order valence-corrected chi connectivity index (χ2v) is 7.64. The fourth-order valence-electron chi connectivity index (χ4n) is 4.17. The average molecular weight is 438 g/mol. The largest absolute Gasteiger partial charge is 0.493 e. The molecular formula is C24H26N2O6. The Labute approximate surface area is 185 Å². The molecule has 0 unspecified atom stereocenters. The summed E-state index contributed by atoms with van der Waals surface area (Å²) in [5, 5.41) is 5.70. The molecule has 0 saturated carbocycles. The van der Waals surface area contributed by atoms with Crippen LogP contribution in [0, 0.1) is 0 Å². The van der Waals surface area contributed by atoms with Crippen LogP contribution in [0.3, 0.4) is 0 Å². The van der Waals surface area contributed by atoms with Gasteiger partial charge < -0.3 is 24.0 Å². The average Bonchev–Trinajstić information content (AvgIpc) is 3.43. The predicted molar refractivity (Wildman–Crippen MR) is 118 cm³/mol. The van der Waals surface area contributed by atoms with E-state index in [1.165, 1.54) is 7.11 Å². The highest BCUT2D eigenvalue weighted by molar-refractivity contribution is 5.71. The van der Waals surface area contributed by atoms with Crippen molar-refractivity contribution in [2.24, 2.45) is 0 Å². The highest BCUT2D eigenvalue weighted by Gasteiger charge is 2.27. The standard InChI is InChI=1S/C24H26N2O6/c1-29-20-7-5-15(12-21(20)30-2)17(13-22(27)31-3)23-18(25-26-24(23)28)11-14-4-6-19-16(10-14)8-9-32-19/h4-7,10,12,17H,8-9,11,13H2,1-3H3,(H2,25,26,28)/t17-/m1/s1. The van der Waals surface area contributed by atoms with Gasteiger partial charge in [-0.3, -0.25) is 14.7 Å². The molecule has 0 aliphatic carbocycles. The van der Waals surface area contributed by atoms with Crippen LogP contribution in [0.4, 0.5) is 0 Å². The van der Waals surface area contributed by atoms with Crippen LogP contribution in [0.1, 0.15) is 40.3 Å². The number of methoxy groups -OCH3 is 3. The number of H-pyrrole nitrogens is 2. The first kappa shape index (κ1) is 21.5. The number of ether oxygens (including phenoxy) is 4. The van der Waals surface area contributed by atoms with Crippen LogP contribution in [0.15, 0.2) is 41.2 Å². The topological polar surface area (TPSA) is 103 Å². The lowest BCUT2D eigenvalue weighted by Gasteiger charge is -2.18. The van der Waals surface area contributed by atoms with E-state index in [1.54, 1.807) is 26.4 Å². The van der Waals surface area contributed by atoms with Gasteiger partial charge in [-0.15, -0.1) is 0 Å². The zero-order valence-electron chi connectivity index (χ0n) is 18.3. The van der Waals surface area contributed by atoms with Crippen LogP contribution < -0.4 is 19.8 Å². The third kappa shape index (κ3) is 4.21. The number of rotatable bonds is 8. The first-order chi connectivity index (χ1) is 15.5. The van der Waals surface area contributed by atoms with E-state index in [1.807, 2.05) is 18.2 Å². The molecule has 4 rings (SSSR count). The fourth-order valence-corrected chi connectivity index (χ4v) is 4.17. The number of benzene rings is 2. The van der Waals surface area contributed by atoms with Crippen LogP contribution in [0.25, 0.3) is 0 Å². The summed E-state index contributed by atoms with van der Waals surface area (Å²) in [6.07, 6.45) is 1.39. The van der Waals surface area contributed by atoms with Crippen molar-refractivity contribution in [3.05, 3.63) is 74.7 Å². The van der Waals surface area contributed by atoms with Crippen LogP contribution in [0.2, 0.25) is 0 Å². The molecule has 0 radical (unpaired) electrons. The molecule has 2 N–H and O–H groups in total. The minimum absolute atomic E-state index is 0.0118. The third-order valence-electron chi connectivity index (χ3n) is 5.79. The second-order valence-electron chi connectivity index (χ2n) is 7.64. The summed E-state index contributed by atoms with van der Waals surface area (Å²) < 4.78 is 21.3. The van der Waals surface area contributed by atoms with E-state index < -0.39 is 11.9 Å². The SMILES string of the molecule is COC(=O)C[C@H](c1ccc(OC)c(OC)c1)c1c(Cc2ccc3c(c2)CCO3)[nH][nH]c1=O. The lowest BCUT2D eigenvalue weighted by atomic mass is 9.87. The Morgan fingerprint density at radius 1 is 1.06 bits per heavy atom. The molecule has 0 bridgehead atoms. The summed E-state index contributed by atoms with van der Waals surface area (Å²) in [6, 6.07) is 11.4. The number of nitrogens with one attached hydrogen (secondary N) is 2. The van der Waals surface area contributed by atoms with Gasteiger partial charge in [-0.05, 0) is 34.9 Å². The van der Waals surface area contributed by atoms with Gasteiger partial charge in [-0.1, -0.05) is 18.2 Å². The monoisotopic (exact) mass is 438 g/mol. The Morgan fingerprint density at radius 3 is 2.62 bits per heavy atom. The van der Waals surface area contributed by atoms with Crippen molar-refractivity contribution in [1.29, 1.82) is 0 Å². The predicted octanol–water partition coefficient (Wildman–Crippen LogP) is 2.94. The van der Waals surface area contributed by atoms with Crippen molar-refractivity contribution in [2.45, 2.75) is 25.2 Å². The molecule has 0 saturated heterocycles. The zero-order chi connectivity index (χ0) is 22.7. The Kier molecular flexibility index (Phi) is 6.20. The van der Waals surface area contributed by atoms with E-state index in [0.717, 1.165) is 34.6 Å². The maximum atomic E-state index is 12.9. The van der Waals surface area contributed by atoms with E-state index in [0.29, 0.717) is 30.1 Å². The number of hydrogen-bond donors (Lipinski definition) is 2. The van der Waals surface area contributed by atoms with Gasteiger partial charge in [0, 0.05) is 30.0 Å². The first-order valence-electron chi connectivity index (χ1n) is 10.4. The molecule has 0 amide bonds. The van der Waals surface area contributed by atoms with Crippen molar-refractivity contribution in [1.82, 2.24) is 10.2 Å². The van der Waals surface area contributed by atoms with Gasteiger partial charge in [0.15, 0.2) is 11.5 Å². The Hall–Kier alpha value is -3.68. The molecule has 1 aromatic heterocycles.